The number of phosphoric ester groups is 1. The Morgan fingerprint density at radius 3 is 1.10 bits per heavy atom. The zero-order valence-corrected chi connectivity index (χ0v) is 50.5. The number of nitrogens with one attached hydrogen (secondary N) is 1. The molecule has 0 spiro atoms. The van der Waals surface area contributed by atoms with Crippen LogP contribution in [-0.2, 0) is 18.4 Å². The summed E-state index contributed by atoms with van der Waals surface area (Å²) in [7, 11) is 1.57. The van der Waals surface area contributed by atoms with E-state index >= 15 is 0 Å². The second-order valence-corrected chi connectivity index (χ2v) is 24.9. The van der Waals surface area contributed by atoms with Gasteiger partial charge in [-0.2, -0.15) is 0 Å². The van der Waals surface area contributed by atoms with Crippen LogP contribution in [0.5, 0.6) is 0 Å². The molecule has 0 aliphatic rings. The number of aliphatic hydroxyl groups is 1. The highest BCUT2D eigenvalue weighted by Crippen LogP contribution is 2.43. The summed E-state index contributed by atoms with van der Waals surface area (Å²) in [6.07, 6.45) is 71.7. The average molecular weight is 1050 g/mol. The van der Waals surface area contributed by atoms with Gasteiger partial charge in [0.25, 0.3) is 0 Å². The van der Waals surface area contributed by atoms with Gasteiger partial charge in [-0.15, -0.1) is 0 Å². The highest BCUT2D eigenvalue weighted by Gasteiger charge is 2.27. The molecule has 73 heavy (non-hydrogen) atoms. The zero-order chi connectivity index (χ0) is 53.5. The molecule has 0 aromatic carbocycles. The number of hydrogen-bond acceptors (Lipinski definition) is 5. The summed E-state index contributed by atoms with van der Waals surface area (Å²) < 4.78 is 23.8. The van der Waals surface area contributed by atoms with E-state index in [4.69, 9.17) is 9.05 Å². The number of quaternary nitrogens is 1. The van der Waals surface area contributed by atoms with Crippen molar-refractivity contribution in [1.29, 1.82) is 0 Å². The van der Waals surface area contributed by atoms with E-state index in [-0.39, 0.29) is 19.1 Å². The molecule has 434 valence electrons. The van der Waals surface area contributed by atoms with Crippen LogP contribution in [-0.4, -0.2) is 73.4 Å². The van der Waals surface area contributed by atoms with Crippen LogP contribution in [0.15, 0.2) is 24.3 Å². The molecule has 0 saturated carbocycles. The lowest BCUT2D eigenvalue weighted by Gasteiger charge is -2.25. The molecule has 3 unspecified atom stereocenters. The van der Waals surface area contributed by atoms with Crippen molar-refractivity contribution in [3.8, 4) is 0 Å². The van der Waals surface area contributed by atoms with E-state index < -0.39 is 20.0 Å². The molecule has 0 radical (unpaired) electrons. The van der Waals surface area contributed by atoms with Gasteiger partial charge in [0.2, 0.25) is 5.91 Å². The van der Waals surface area contributed by atoms with Gasteiger partial charge in [0.1, 0.15) is 13.2 Å². The maximum atomic E-state index is 13.0. The monoisotopic (exact) mass is 1050 g/mol. The summed E-state index contributed by atoms with van der Waals surface area (Å²) in [5.41, 5.74) is 0. The molecule has 0 aromatic heterocycles. The van der Waals surface area contributed by atoms with Gasteiger partial charge >= 0.3 is 7.82 Å². The molecular formula is C64H128N2O6P+. The quantitative estimate of drug-likeness (QED) is 0.0243. The van der Waals surface area contributed by atoms with E-state index in [2.05, 4.69) is 31.3 Å². The normalized spacial score (nSPS) is 13.9. The standard InChI is InChI=1S/C64H127N2O6P/c1-6-8-10-12-14-16-18-20-22-24-26-28-30-31-32-33-34-35-36-38-40-42-44-46-48-50-52-54-56-58-64(68)65-62(61-72-73(69,70)71-60-59-66(3,4)5)63(67)57-55-53-51-49-47-45-43-41-39-37-29-27-25-23-21-19-17-15-13-11-9-7-2/h47,49,55,57,62-63,67H,6-46,48,50-54,56,58-61H2,1-5H3,(H-,65,68,69,70)/p+1/b49-47+,57-55+. The Labute approximate surface area is 455 Å². The van der Waals surface area contributed by atoms with Crippen molar-refractivity contribution in [2.24, 2.45) is 0 Å². The first-order chi connectivity index (χ1) is 35.5. The number of carbonyl (C=O) groups is 1. The van der Waals surface area contributed by atoms with Crippen LogP contribution in [0.1, 0.15) is 328 Å². The van der Waals surface area contributed by atoms with E-state index in [9.17, 15) is 19.4 Å². The summed E-state index contributed by atoms with van der Waals surface area (Å²) >= 11 is 0. The van der Waals surface area contributed by atoms with Crippen molar-refractivity contribution in [2.75, 3.05) is 40.9 Å². The van der Waals surface area contributed by atoms with Gasteiger partial charge in [0.05, 0.1) is 39.9 Å². The first kappa shape index (κ1) is 72.0. The Hall–Kier alpha value is -1.02. The van der Waals surface area contributed by atoms with Crippen LogP contribution in [0.2, 0.25) is 0 Å². The summed E-state index contributed by atoms with van der Waals surface area (Å²) in [6, 6.07) is -0.861. The van der Waals surface area contributed by atoms with Crippen molar-refractivity contribution >= 4 is 13.7 Å². The number of allylic oxidation sites excluding steroid dienone is 3. The van der Waals surface area contributed by atoms with Crippen molar-refractivity contribution < 1.29 is 32.9 Å². The van der Waals surface area contributed by atoms with E-state index in [1.807, 2.05) is 27.2 Å². The summed E-state index contributed by atoms with van der Waals surface area (Å²) in [5.74, 6) is -0.179. The molecule has 1 amide bonds. The van der Waals surface area contributed by atoms with Crippen molar-refractivity contribution in [3.05, 3.63) is 24.3 Å². The molecule has 3 N–H and O–H groups in total. The van der Waals surface area contributed by atoms with Crippen molar-refractivity contribution in [1.82, 2.24) is 5.32 Å². The molecule has 0 heterocycles. The first-order valence-corrected chi connectivity index (χ1v) is 33.7. The third-order valence-corrected chi connectivity index (χ3v) is 15.9. The van der Waals surface area contributed by atoms with Crippen LogP contribution in [0.4, 0.5) is 0 Å². The first-order valence-electron chi connectivity index (χ1n) is 32.2. The number of phosphoric acid groups is 1. The number of unbranched alkanes of at least 4 members (excludes halogenated alkanes) is 45. The average Bonchev–Trinajstić information content (AvgIpc) is 3.35. The van der Waals surface area contributed by atoms with Gasteiger partial charge in [0, 0.05) is 6.42 Å². The lowest BCUT2D eigenvalue weighted by Crippen LogP contribution is -2.45. The van der Waals surface area contributed by atoms with Crippen LogP contribution < -0.4 is 5.32 Å². The molecule has 0 aliphatic carbocycles. The van der Waals surface area contributed by atoms with Crippen molar-refractivity contribution in [3.63, 3.8) is 0 Å². The van der Waals surface area contributed by atoms with Gasteiger partial charge in [0.15, 0.2) is 0 Å². The molecule has 0 fully saturated rings. The van der Waals surface area contributed by atoms with Gasteiger partial charge in [-0.1, -0.05) is 314 Å². The van der Waals surface area contributed by atoms with Crippen LogP contribution in [0.3, 0.4) is 0 Å². The van der Waals surface area contributed by atoms with Crippen molar-refractivity contribution in [2.45, 2.75) is 341 Å². The van der Waals surface area contributed by atoms with Gasteiger partial charge < -0.3 is 19.8 Å². The summed E-state index contributed by atoms with van der Waals surface area (Å²) in [5, 5.41) is 14.0. The second-order valence-electron chi connectivity index (χ2n) is 23.5. The van der Waals surface area contributed by atoms with E-state index in [0.717, 1.165) is 38.5 Å². The third kappa shape index (κ3) is 58.5. The Balaban J connectivity index is 4.11. The molecule has 3 atom stereocenters. The van der Waals surface area contributed by atoms with Crippen LogP contribution >= 0.6 is 7.82 Å². The van der Waals surface area contributed by atoms with Gasteiger partial charge in [-0.25, -0.2) is 4.57 Å². The summed E-state index contributed by atoms with van der Waals surface area (Å²) in [4.78, 5) is 23.4. The fraction of sp³-hybridized carbons (Fsp3) is 0.922. The predicted molar refractivity (Wildman–Crippen MR) is 318 cm³/mol. The highest BCUT2D eigenvalue weighted by atomic mass is 31.2. The number of aliphatic hydroxyl groups excluding tert-OH is 1. The minimum Gasteiger partial charge on any atom is -0.387 e. The number of nitrogens with zero attached hydrogens (tertiary/aromatic N) is 1. The third-order valence-electron chi connectivity index (χ3n) is 14.9. The molecule has 0 aromatic rings. The SMILES string of the molecule is CCCCCCCCCCCCCCCCCC/C=C/CC/C=C/C(O)C(COP(=O)(O)OCC[N+](C)(C)C)NC(=O)CCCCCCCCCCCCCCCCCCCCCCCCCCCCCCC. The van der Waals surface area contributed by atoms with Crippen LogP contribution in [0, 0.1) is 0 Å². The Bertz CT molecular complexity index is 1240. The molecule has 0 bridgehead atoms. The fourth-order valence-corrected chi connectivity index (χ4v) is 10.6. The Morgan fingerprint density at radius 1 is 0.452 bits per heavy atom. The predicted octanol–water partition coefficient (Wildman–Crippen LogP) is 19.9. The van der Waals surface area contributed by atoms with E-state index in [1.54, 1.807) is 6.08 Å². The lowest BCUT2D eigenvalue weighted by atomic mass is 10.0. The molecule has 9 heteroatoms. The minimum atomic E-state index is -4.36. The molecular weight excluding hydrogens is 924 g/mol. The molecule has 8 nitrogen and oxygen atoms in total. The highest BCUT2D eigenvalue weighted by molar-refractivity contribution is 7.47. The number of likely N-dealkylation sites (N-methyl/N-ethyl adjacent to an activating group) is 1. The molecule has 0 rings (SSSR count). The smallest absolute Gasteiger partial charge is 0.387 e. The zero-order valence-electron chi connectivity index (χ0n) is 49.7. The van der Waals surface area contributed by atoms with Crippen LogP contribution in [0.25, 0.3) is 0 Å². The van der Waals surface area contributed by atoms with Gasteiger partial charge in [-0.3, -0.25) is 13.8 Å². The largest absolute Gasteiger partial charge is 0.472 e. The maximum Gasteiger partial charge on any atom is 0.472 e. The maximum absolute atomic E-state index is 13.0. The Kier molecular flexibility index (Phi) is 54.9. The van der Waals surface area contributed by atoms with E-state index in [1.165, 1.54) is 270 Å². The number of hydrogen-bond donors (Lipinski definition) is 3. The number of carbonyl (C=O) groups excluding carboxylic acids is 1. The molecule has 0 saturated heterocycles. The topological polar surface area (TPSA) is 105 Å². The number of amides is 1. The van der Waals surface area contributed by atoms with E-state index in [0.29, 0.717) is 17.4 Å². The van der Waals surface area contributed by atoms with Gasteiger partial charge in [-0.05, 0) is 32.1 Å². The minimum absolute atomic E-state index is 0.0590. The lowest BCUT2D eigenvalue weighted by molar-refractivity contribution is -0.870. The summed E-state index contributed by atoms with van der Waals surface area (Å²) in [6.45, 7) is 4.85. The second kappa shape index (κ2) is 55.7. The Morgan fingerprint density at radius 2 is 0.753 bits per heavy atom. The fourth-order valence-electron chi connectivity index (χ4n) is 9.89. The molecule has 0 aliphatic heterocycles. The number of rotatable bonds is 60.